The van der Waals surface area contributed by atoms with E-state index in [9.17, 15) is 0 Å². The maximum absolute atomic E-state index is 5.73. The summed E-state index contributed by atoms with van der Waals surface area (Å²) in [6, 6.07) is 8.10. The third-order valence-electron chi connectivity index (χ3n) is 3.21. The molecular formula is C15H25NO. The van der Waals surface area contributed by atoms with Crippen LogP contribution in [0, 0.1) is 5.92 Å². The van der Waals surface area contributed by atoms with E-state index in [-0.39, 0.29) is 0 Å². The van der Waals surface area contributed by atoms with Crippen LogP contribution in [0.1, 0.15) is 38.7 Å². The molecule has 2 nitrogen and oxygen atoms in total. The van der Waals surface area contributed by atoms with Crippen molar-refractivity contribution in [1.29, 1.82) is 0 Å². The standard InChI is InChI=1S/C15H25NO/c1-3-13(4-2)12-17-10-6-8-14-7-5-9-15(16)11-14/h5,7,9,11,13H,3-4,6,8,10,12,16H2,1-2H3. The van der Waals surface area contributed by atoms with Gasteiger partial charge in [-0.25, -0.2) is 0 Å². The molecule has 0 aromatic heterocycles. The normalized spacial score (nSPS) is 11.0. The van der Waals surface area contributed by atoms with E-state index in [4.69, 9.17) is 10.5 Å². The lowest BCUT2D eigenvalue weighted by Gasteiger charge is -2.12. The Morgan fingerprint density at radius 1 is 1.24 bits per heavy atom. The lowest BCUT2D eigenvalue weighted by Crippen LogP contribution is -2.08. The molecule has 2 heteroatoms. The first-order valence-corrected chi connectivity index (χ1v) is 6.68. The second-order valence-electron chi connectivity index (χ2n) is 4.61. The third-order valence-corrected chi connectivity index (χ3v) is 3.21. The highest BCUT2D eigenvalue weighted by Crippen LogP contribution is 2.10. The second kappa shape index (κ2) is 8.13. The Hall–Kier alpha value is -1.02. The smallest absolute Gasteiger partial charge is 0.0494 e. The Balaban J connectivity index is 2.12. The molecule has 0 saturated heterocycles. The molecule has 0 bridgehead atoms. The van der Waals surface area contributed by atoms with Crippen LogP contribution >= 0.6 is 0 Å². The van der Waals surface area contributed by atoms with Crippen molar-refractivity contribution in [3.8, 4) is 0 Å². The van der Waals surface area contributed by atoms with E-state index in [0.29, 0.717) is 0 Å². The van der Waals surface area contributed by atoms with Gasteiger partial charge in [-0.15, -0.1) is 0 Å². The van der Waals surface area contributed by atoms with Crippen LogP contribution in [0.3, 0.4) is 0 Å². The molecule has 0 amide bonds. The quantitative estimate of drug-likeness (QED) is 0.551. The summed E-state index contributed by atoms with van der Waals surface area (Å²) in [5.74, 6) is 0.724. The Kier molecular flexibility index (Phi) is 6.71. The summed E-state index contributed by atoms with van der Waals surface area (Å²) in [4.78, 5) is 0. The van der Waals surface area contributed by atoms with Gasteiger partial charge in [0, 0.05) is 18.9 Å². The zero-order chi connectivity index (χ0) is 12.5. The summed E-state index contributed by atoms with van der Waals surface area (Å²) in [5.41, 5.74) is 7.88. The van der Waals surface area contributed by atoms with Crippen LogP contribution in [-0.2, 0) is 11.2 Å². The monoisotopic (exact) mass is 235 g/mol. The van der Waals surface area contributed by atoms with Crippen molar-refractivity contribution in [1.82, 2.24) is 0 Å². The molecule has 1 aromatic carbocycles. The largest absolute Gasteiger partial charge is 0.399 e. The molecule has 0 atom stereocenters. The molecule has 17 heavy (non-hydrogen) atoms. The maximum atomic E-state index is 5.73. The van der Waals surface area contributed by atoms with Crippen molar-refractivity contribution in [3.05, 3.63) is 29.8 Å². The van der Waals surface area contributed by atoms with Crippen LogP contribution in [0.5, 0.6) is 0 Å². The topological polar surface area (TPSA) is 35.2 Å². The molecule has 0 aliphatic carbocycles. The molecule has 1 rings (SSSR count). The van der Waals surface area contributed by atoms with Gasteiger partial charge >= 0.3 is 0 Å². The summed E-state index contributed by atoms with van der Waals surface area (Å²) in [6.07, 6.45) is 4.55. The molecule has 1 aromatic rings. The van der Waals surface area contributed by atoms with Gasteiger partial charge in [0.1, 0.15) is 0 Å². The summed E-state index contributed by atoms with van der Waals surface area (Å²) in [7, 11) is 0. The van der Waals surface area contributed by atoms with Crippen molar-refractivity contribution in [2.75, 3.05) is 18.9 Å². The summed E-state index contributed by atoms with van der Waals surface area (Å²) < 4.78 is 5.70. The minimum Gasteiger partial charge on any atom is -0.399 e. The summed E-state index contributed by atoms with van der Waals surface area (Å²) in [5, 5.41) is 0. The van der Waals surface area contributed by atoms with Crippen LogP contribution in [0.25, 0.3) is 0 Å². The fourth-order valence-electron chi connectivity index (χ4n) is 1.90. The predicted molar refractivity (Wildman–Crippen MR) is 74.1 cm³/mol. The number of nitrogens with two attached hydrogens (primary N) is 1. The van der Waals surface area contributed by atoms with Gasteiger partial charge in [-0.3, -0.25) is 0 Å². The fourth-order valence-corrected chi connectivity index (χ4v) is 1.90. The minimum atomic E-state index is 0.724. The minimum absolute atomic E-state index is 0.724. The van der Waals surface area contributed by atoms with Crippen LogP contribution in [0.15, 0.2) is 24.3 Å². The number of nitrogen functional groups attached to an aromatic ring is 1. The van der Waals surface area contributed by atoms with Gasteiger partial charge in [-0.05, 0) is 36.5 Å². The van der Waals surface area contributed by atoms with E-state index in [1.54, 1.807) is 0 Å². The van der Waals surface area contributed by atoms with Gasteiger partial charge in [-0.2, -0.15) is 0 Å². The molecule has 0 spiro atoms. The summed E-state index contributed by atoms with van der Waals surface area (Å²) in [6.45, 7) is 6.21. The molecule has 2 N–H and O–H groups in total. The van der Waals surface area contributed by atoms with Crippen molar-refractivity contribution >= 4 is 5.69 Å². The van der Waals surface area contributed by atoms with Gasteiger partial charge in [0.15, 0.2) is 0 Å². The van der Waals surface area contributed by atoms with E-state index in [0.717, 1.165) is 37.7 Å². The van der Waals surface area contributed by atoms with Gasteiger partial charge < -0.3 is 10.5 Å². The van der Waals surface area contributed by atoms with Crippen molar-refractivity contribution < 1.29 is 4.74 Å². The number of aryl methyl sites for hydroxylation is 1. The fraction of sp³-hybridized carbons (Fsp3) is 0.600. The average molecular weight is 235 g/mol. The lowest BCUT2D eigenvalue weighted by atomic mass is 10.1. The first-order chi connectivity index (χ1) is 8.26. The van der Waals surface area contributed by atoms with Gasteiger partial charge in [-0.1, -0.05) is 38.8 Å². The molecule has 0 saturated carbocycles. The number of ether oxygens (including phenoxy) is 1. The molecule has 0 fully saturated rings. The van der Waals surface area contributed by atoms with E-state index in [1.807, 2.05) is 18.2 Å². The molecule has 0 radical (unpaired) electrons. The van der Waals surface area contributed by atoms with E-state index >= 15 is 0 Å². The second-order valence-corrected chi connectivity index (χ2v) is 4.61. The van der Waals surface area contributed by atoms with Crippen LogP contribution in [0.4, 0.5) is 5.69 Å². The van der Waals surface area contributed by atoms with Gasteiger partial charge in [0.25, 0.3) is 0 Å². The number of hydrogen-bond donors (Lipinski definition) is 1. The Labute approximate surface area is 105 Å². The molecule has 0 aliphatic rings. The highest BCUT2D eigenvalue weighted by atomic mass is 16.5. The number of hydrogen-bond acceptors (Lipinski definition) is 2. The third kappa shape index (κ3) is 5.73. The molecular weight excluding hydrogens is 210 g/mol. The predicted octanol–water partition coefficient (Wildman–Crippen LogP) is 3.65. The Morgan fingerprint density at radius 3 is 2.65 bits per heavy atom. The van der Waals surface area contributed by atoms with E-state index < -0.39 is 0 Å². The number of rotatable bonds is 8. The Morgan fingerprint density at radius 2 is 2.00 bits per heavy atom. The van der Waals surface area contributed by atoms with Crippen molar-refractivity contribution in [3.63, 3.8) is 0 Å². The van der Waals surface area contributed by atoms with Crippen LogP contribution < -0.4 is 5.73 Å². The zero-order valence-electron chi connectivity index (χ0n) is 11.1. The molecule has 96 valence electrons. The molecule has 0 unspecified atom stereocenters. The molecule has 0 aliphatic heterocycles. The van der Waals surface area contributed by atoms with Gasteiger partial charge in [0.05, 0.1) is 0 Å². The lowest BCUT2D eigenvalue weighted by molar-refractivity contribution is 0.0948. The van der Waals surface area contributed by atoms with E-state index in [2.05, 4.69) is 19.9 Å². The van der Waals surface area contributed by atoms with Crippen molar-refractivity contribution in [2.24, 2.45) is 5.92 Å². The zero-order valence-corrected chi connectivity index (χ0v) is 11.1. The first-order valence-electron chi connectivity index (χ1n) is 6.68. The average Bonchev–Trinajstić information content (AvgIpc) is 2.34. The van der Waals surface area contributed by atoms with Crippen LogP contribution in [-0.4, -0.2) is 13.2 Å². The van der Waals surface area contributed by atoms with Crippen molar-refractivity contribution in [2.45, 2.75) is 39.5 Å². The maximum Gasteiger partial charge on any atom is 0.0494 e. The molecule has 0 heterocycles. The first kappa shape index (κ1) is 14.0. The summed E-state index contributed by atoms with van der Waals surface area (Å²) >= 11 is 0. The van der Waals surface area contributed by atoms with Gasteiger partial charge in [0.2, 0.25) is 0 Å². The number of benzene rings is 1. The highest BCUT2D eigenvalue weighted by Gasteiger charge is 2.02. The highest BCUT2D eigenvalue weighted by molar-refractivity contribution is 5.40. The number of anilines is 1. The Bertz CT molecular complexity index is 308. The van der Waals surface area contributed by atoms with E-state index in [1.165, 1.54) is 18.4 Å². The SMILES string of the molecule is CCC(CC)COCCCc1cccc(N)c1. The van der Waals surface area contributed by atoms with Crippen LogP contribution in [0.2, 0.25) is 0 Å².